The highest BCUT2D eigenvalue weighted by Gasteiger charge is 2.33. The topological polar surface area (TPSA) is 0 Å². The number of rotatable bonds is 2. The van der Waals surface area contributed by atoms with Gasteiger partial charge in [0.25, 0.3) is 0 Å². The first-order valence-electron chi connectivity index (χ1n) is 19.2. The van der Waals surface area contributed by atoms with E-state index in [4.69, 9.17) is 0 Å². The zero-order valence-corrected chi connectivity index (χ0v) is 31.1. The molecule has 52 heavy (non-hydrogen) atoms. The molecule has 0 nitrogen and oxygen atoms in total. The van der Waals surface area contributed by atoms with Gasteiger partial charge in [-0.2, -0.15) is 0 Å². The van der Waals surface area contributed by atoms with Crippen LogP contribution in [0.4, 0.5) is 0 Å². The van der Waals surface area contributed by atoms with Gasteiger partial charge in [0, 0.05) is 0 Å². The summed E-state index contributed by atoms with van der Waals surface area (Å²) in [6.45, 7) is 16.6. The Morgan fingerprint density at radius 1 is 0.365 bits per heavy atom. The average Bonchev–Trinajstić information content (AvgIpc) is 3.45. The van der Waals surface area contributed by atoms with Gasteiger partial charge in [-0.1, -0.05) is 133 Å². The Morgan fingerprint density at radius 2 is 0.865 bits per heavy atom. The molecule has 0 saturated heterocycles. The Hall–Kier alpha value is -5.46. The maximum Gasteiger partial charge on any atom is -0.00135 e. The van der Waals surface area contributed by atoms with E-state index in [-0.39, 0.29) is 5.41 Å². The predicted molar refractivity (Wildman–Crippen MR) is 229 cm³/mol. The van der Waals surface area contributed by atoms with Gasteiger partial charge in [-0.25, -0.2) is 0 Å². The molecule has 0 spiro atoms. The Balaban J connectivity index is 1.36. The van der Waals surface area contributed by atoms with Crippen molar-refractivity contribution in [2.45, 2.75) is 65.7 Å². The van der Waals surface area contributed by atoms with E-state index in [1.165, 1.54) is 125 Å². The molecule has 10 aromatic rings. The van der Waals surface area contributed by atoms with E-state index in [1.54, 1.807) is 0 Å². The summed E-state index contributed by atoms with van der Waals surface area (Å²) in [5, 5.41) is 21.8. The largest absolute Gasteiger partial charge is 0.0616 e. The van der Waals surface area contributed by atoms with E-state index in [1.807, 2.05) is 0 Å². The lowest BCUT2D eigenvalue weighted by atomic mass is 9.79. The normalized spacial score (nSPS) is 13.2. The lowest BCUT2D eigenvalue weighted by molar-refractivity contribution is 0.591. The Kier molecular flexibility index (Phi) is 5.87. The van der Waals surface area contributed by atoms with E-state index in [0.717, 1.165) is 0 Å². The number of hydrogen-bond acceptors (Lipinski definition) is 0. The standard InChI is InChI=1S/C52H42/c1-27(2)45-43-26-41-39-23-31-13-9-8-12-30(31)22-38(39)35-14-10-11-15-36(35)40(41)25-42(43)46(28(3)4)51-44-24-33-21-34(52(5,6)7)20-32-17-16-29-18-19-37(50(45)51)49(44)48(29)47(32)33/h8-28H,1-7H3. The van der Waals surface area contributed by atoms with Crippen molar-refractivity contribution >= 4 is 86.2 Å². The molecule has 250 valence electrons. The molecular weight excluding hydrogens is 625 g/mol. The second kappa shape index (κ2) is 10.1. The van der Waals surface area contributed by atoms with Crippen LogP contribution in [0.1, 0.15) is 77.0 Å². The van der Waals surface area contributed by atoms with E-state index in [9.17, 15) is 0 Å². The van der Waals surface area contributed by atoms with Crippen molar-refractivity contribution in [2.24, 2.45) is 0 Å². The first-order valence-corrected chi connectivity index (χ1v) is 19.2. The van der Waals surface area contributed by atoms with Crippen molar-refractivity contribution < 1.29 is 0 Å². The maximum absolute atomic E-state index is 2.58. The monoisotopic (exact) mass is 666 g/mol. The van der Waals surface area contributed by atoms with Gasteiger partial charge >= 0.3 is 0 Å². The fourth-order valence-corrected chi connectivity index (χ4v) is 10.2. The molecule has 0 amide bonds. The summed E-state index contributed by atoms with van der Waals surface area (Å²) in [5.41, 5.74) is 10.2. The molecule has 0 N–H and O–H groups in total. The lowest BCUT2D eigenvalue weighted by Gasteiger charge is -2.25. The summed E-state index contributed by atoms with van der Waals surface area (Å²) in [6.07, 6.45) is 0. The molecule has 0 radical (unpaired) electrons. The van der Waals surface area contributed by atoms with Gasteiger partial charge in [-0.05, 0) is 173 Å². The van der Waals surface area contributed by atoms with Crippen molar-refractivity contribution in [3.05, 3.63) is 132 Å². The highest BCUT2D eigenvalue weighted by molar-refractivity contribution is 6.34. The number of hydrogen-bond donors (Lipinski definition) is 0. The van der Waals surface area contributed by atoms with Crippen LogP contribution >= 0.6 is 0 Å². The van der Waals surface area contributed by atoms with Gasteiger partial charge in [-0.3, -0.25) is 0 Å². The van der Waals surface area contributed by atoms with Crippen LogP contribution in [0, 0.1) is 0 Å². The van der Waals surface area contributed by atoms with Crippen molar-refractivity contribution in [3.63, 3.8) is 0 Å². The molecule has 0 aliphatic heterocycles. The van der Waals surface area contributed by atoms with Crippen molar-refractivity contribution in [1.29, 1.82) is 0 Å². The van der Waals surface area contributed by atoms with Crippen molar-refractivity contribution in [3.8, 4) is 22.3 Å². The molecule has 11 rings (SSSR count). The van der Waals surface area contributed by atoms with Crippen molar-refractivity contribution in [1.82, 2.24) is 0 Å². The van der Waals surface area contributed by atoms with Crippen LogP contribution in [0.3, 0.4) is 0 Å². The molecular formula is C52H42. The van der Waals surface area contributed by atoms with Gasteiger partial charge in [0.1, 0.15) is 0 Å². The summed E-state index contributed by atoms with van der Waals surface area (Å²) < 4.78 is 0. The fourth-order valence-electron chi connectivity index (χ4n) is 10.2. The highest BCUT2D eigenvalue weighted by Crippen LogP contribution is 2.58. The minimum atomic E-state index is 0.0677. The summed E-state index contributed by atoms with van der Waals surface area (Å²) in [5.74, 6) is 0.686. The van der Waals surface area contributed by atoms with Crippen LogP contribution in [0.15, 0.2) is 115 Å². The minimum Gasteiger partial charge on any atom is -0.0616 e. The molecule has 0 bridgehead atoms. The van der Waals surface area contributed by atoms with E-state index >= 15 is 0 Å². The second-order valence-electron chi connectivity index (χ2n) is 17.2. The molecule has 0 heterocycles. The zero-order valence-electron chi connectivity index (χ0n) is 31.1. The summed E-state index contributed by atoms with van der Waals surface area (Å²) in [7, 11) is 0. The smallest absolute Gasteiger partial charge is 0.00135 e. The first-order chi connectivity index (χ1) is 25.1. The van der Waals surface area contributed by atoms with Crippen LogP contribution in [0.2, 0.25) is 0 Å². The third-order valence-corrected chi connectivity index (χ3v) is 12.5. The quantitative estimate of drug-likeness (QED) is 0.127. The first kappa shape index (κ1) is 30.2. The third kappa shape index (κ3) is 3.83. The molecule has 1 aliphatic carbocycles. The molecule has 1 aliphatic rings. The highest BCUT2D eigenvalue weighted by atomic mass is 14.4. The van der Waals surface area contributed by atoms with Crippen LogP contribution in [-0.2, 0) is 5.41 Å². The van der Waals surface area contributed by atoms with Gasteiger partial charge < -0.3 is 0 Å². The Labute approximate surface area is 305 Å². The molecule has 0 fully saturated rings. The summed E-state index contributed by atoms with van der Waals surface area (Å²) in [6, 6.07) is 44.9. The van der Waals surface area contributed by atoms with Gasteiger partial charge in [0.15, 0.2) is 0 Å². The zero-order chi connectivity index (χ0) is 35.4. The van der Waals surface area contributed by atoms with Crippen LogP contribution in [0.25, 0.3) is 108 Å². The molecule has 0 aromatic heterocycles. The lowest BCUT2D eigenvalue weighted by Crippen LogP contribution is -2.10. The molecule has 0 saturated carbocycles. The van der Waals surface area contributed by atoms with E-state index in [2.05, 4.69) is 164 Å². The van der Waals surface area contributed by atoms with E-state index < -0.39 is 0 Å². The van der Waals surface area contributed by atoms with Gasteiger partial charge in [-0.15, -0.1) is 0 Å². The molecule has 10 aromatic carbocycles. The summed E-state index contributed by atoms with van der Waals surface area (Å²) >= 11 is 0. The number of fused-ring (bicyclic) bond motifs is 11. The van der Waals surface area contributed by atoms with Crippen molar-refractivity contribution in [2.75, 3.05) is 0 Å². The SMILES string of the molecule is CC(C)c1c2c(c(C(C)C)c3cc4c5cc6ccccc6cc5c5ccccc5c4cc13)-c1ccc3ccc4cc(C(C)(C)C)cc5cc-2c1c3c45. The molecule has 0 atom stereocenters. The van der Waals surface area contributed by atoms with Gasteiger partial charge in [0.05, 0.1) is 0 Å². The van der Waals surface area contributed by atoms with E-state index in [0.29, 0.717) is 11.8 Å². The molecule has 0 unspecified atom stereocenters. The fraction of sp³-hybridized carbons (Fsp3) is 0.192. The average molecular weight is 667 g/mol. The number of benzene rings is 10. The van der Waals surface area contributed by atoms with Gasteiger partial charge in [0.2, 0.25) is 0 Å². The summed E-state index contributed by atoms with van der Waals surface area (Å²) in [4.78, 5) is 0. The van der Waals surface area contributed by atoms with Crippen LogP contribution < -0.4 is 0 Å². The minimum absolute atomic E-state index is 0.0677. The second-order valence-corrected chi connectivity index (χ2v) is 17.2. The van der Waals surface area contributed by atoms with Crippen LogP contribution in [-0.4, -0.2) is 0 Å². The maximum atomic E-state index is 2.58. The van der Waals surface area contributed by atoms with Crippen LogP contribution in [0.5, 0.6) is 0 Å². The molecule has 0 heteroatoms. The predicted octanol–water partition coefficient (Wildman–Crippen LogP) is 15.5. The Morgan fingerprint density at radius 3 is 1.48 bits per heavy atom. The third-order valence-electron chi connectivity index (χ3n) is 12.5. The Bertz CT molecular complexity index is 3200.